The summed E-state index contributed by atoms with van der Waals surface area (Å²) in [5.41, 5.74) is 10.8. The first-order chi connectivity index (χ1) is 18.1. The first kappa shape index (κ1) is 27.7. The molecule has 196 valence electrons. The third-order valence-electron chi connectivity index (χ3n) is 5.15. The molecular weight excluding hydrogens is 567 g/mol. The van der Waals surface area contributed by atoms with Gasteiger partial charge < -0.3 is 15.2 Å². The zero-order valence-electron chi connectivity index (χ0n) is 20.3. The largest absolute Gasteiger partial charge is 0.454 e. The first-order valence-electron chi connectivity index (χ1n) is 11.1. The van der Waals surface area contributed by atoms with E-state index in [0.29, 0.717) is 43.5 Å². The molecule has 3 N–H and O–H groups in total. The number of sulfonamides is 1. The van der Waals surface area contributed by atoms with Crippen molar-refractivity contribution >= 4 is 56.7 Å². The number of hydrogen-bond acceptors (Lipinski definition) is 6. The number of hydrazone groups is 1. The highest BCUT2D eigenvalue weighted by Crippen LogP contribution is 2.40. The Balaban J connectivity index is 1.54. The lowest BCUT2D eigenvalue weighted by Crippen LogP contribution is -2.29. The summed E-state index contributed by atoms with van der Waals surface area (Å²) in [6, 6.07) is 15.8. The number of aryl methyl sites for hydroxylation is 1. The molecule has 4 rings (SSSR count). The van der Waals surface area contributed by atoms with E-state index in [4.69, 9.17) is 38.4 Å². The van der Waals surface area contributed by atoms with Crippen LogP contribution in [-0.4, -0.2) is 26.9 Å². The Morgan fingerprint density at radius 2 is 1.82 bits per heavy atom. The van der Waals surface area contributed by atoms with Gasteiger partial charge in [-0.2, -0.15) is 13.5 Å². The highest BCUT2D eigenvalue weighted by Gasteiger charge is 2.22. The molecule has 0 bridgehead atoms. The predicted molar refractivity (Wildman–Crippen MR) is 152 cm³/mol. The lowest BCUT2D eigenvalue weighted by atomic mass is 10.2. The van der Waals surface area contributed by atoms with Gasteiger partial charge in [0, 0.05) is 32.3 Å². The SMILES string of the molecule is C/C(C#Cc1ccccc1)=N\N/C(N)=N/S(=O)(=O)c1cc(C)c(Cl)cc1SCc1cc2c(cc1Cl)OCO2. The van der Waals surface area contributed by atoms with Crippen molar-refractivity contribution in [3.8, 4) is 23.3 Å². The number of benzene rings is 3. The lowest BCUT2D eigenvalue weighted by molar-refractivity contribution is 0.174. The maximum Gasteiger partial charge on any atom is 0.286 e. The Morgan fingerprint density at radius 1 is 1.11 bits per heavy atom. The van der Waals surface area contributed by atoms with E-state index >= 15 is 0 Å². The fourth-order valence-corrected chi connectivity index (χ4v) is 6.24. The van der Waals surface area contributed by atoms with Gasteiger partial charge in [-0.05, 0) is 61.2 Å². The van der Waals surface area contributed by atoms with E-state index in [1.165, 1.54) is 17.8 Å². The molecule has 12 heteroatoms. The quantitative estimate of drug-likeness (QED) is 0.131. The molecule has 0 spiro atoms. The Kier molecular flexibility index (Phi) is 8.74. The van der Waals surface area contributed by atoms with Gasteiger partial charge in [0.05, 0.1) is 0 Å². The van der Waals surface area contributed by atoms with Crippen LogP contribution in [0.15, 0.2) is 73.9 Å². The van der Waals surface area contributed by atoms with Crippen molar-refractivity contribution in [1.29, 1.82) is 0 Å². The molecule has 8 nitrogen and oxygen atoms in total. The second-order valence-electron chi connectivity index (χ2n) is 8.01. The Bertz CT molecular complexity index is 1600. The summed E-state index contributed by atoms with van der Waals surface area (Å²) in [6.45, 7) is 3.48. The van der Waals surface area contributed by atoms with E-state index in [-0.39, 0.29) is 11.7 Å². The summed E-state index contributed by atoms with van der Waals surface area (Å²) in [7, 11) is -4.22. The number of fused-ring (bicyclic) bond motifs is 1. The standard InChI is InChI=1S/C26H22Cl2N4O4S2/c1-16-10-25(24(13-20(16)27)37-14-19-11-22-23(12-21(19)28)36-15-35-22)38(33,34)32-26(29)31-30-17(2)8-9-18-6-4-3-5-7-18/h3-7,10-13H,14-15H2,1-2H3,(H3,29,31,32)/b30-17+. The molecule has 0 atom stereocenters. The first-order valence-corrected chi connectivity index (χ1v) is 14.3. The molecule has 0 unspecified atom stereocenters. The average molecular weight is 590 g/mol. The summed E-state index contributed by atoms with van der Waals surface area (Å²) in [4.78, 5) is 0.342. The van der Waals surface area contributed by atoms with Crippen molar-refractivity contribution in [2.75, 3.05) is 6.79 Å². The monoisotopic (exact) mass is 588 g/mol. The smallest absolute Gasteiger partial charge is 0.286 e. The Hall–Kier alpha value is -3.36. The molecule has 0 radical (unpaired) electrons. The van der Waals surface area contributed by atoms with Gasteiger partial charge in [-0.25, -0.2) is 5.43 Å². The van der Waals surface area contributed by atoms with Gasteiger partial charge >= 0.3 is 0 Å². The van der Waals surface area contributed by atoms with Crippen molar-refractivity contribution in [2.24, 2.45) is 15.2 Å². The van der Waals surface area contributed by atoms with Crippen LogP contribution >= 0.6 is 35.0 Å². The van der Waals surface area contributed by atoms with E-state index in [0.717, 1.165) is 11.1 Å². The van der Waals surface area contributed by atoms with Crippen molar-refractivity contribution in [3.63, 3.8) is 0 Å². The van der Waals surface area contributed by atoms with Crippen LogP contribution in [-0.2, 0) is 15.8 Å². The summed E-state index contributed by atoms with van der Waals surface area (Å²) in [5.74, 6) is 6.88. The number of nitrogens with one attached hydrogen (secondary N) is 1. The van der Waals surface area contributed by atoms with E-state index in [2.05, 4.69) is 26.8 Å². The average Bonchev–Trinajstić information content (AvgIpc) is 3.34. The number of nitrogens with two attached hydrogens (primary N) is 1. The van der Waals surface area contributed by atoms with Crippen LogP contribution in [0.1, 0.15) is 23.6 Å². The third kappa shape index (κ3) is 6.94. The molecule has 0 saturated carbocycles. The minimum Gasteiger partial charge on any atom is -0.454 e. The fourth-order valence-electron chi connectivity index (χ4n) is 3.23. The van der Waals surface area contributed by atoms with Gasteiger partial charge in [0.25, 0.3) is 10.0 Å². The number of rotatable bonds is 6. The second-order valence-corrected chi connectivity index (χ2v) is 11.4. The van der Waals surface area contributed by atoms with Gasteiger partial charge in [-0.15, -0.1) is 16.2 Å². The maximum atomic E-state index is 13.2. The minimum absolute atomic E-state index is 0.0458. The number of thioether (sulfide) groups is 1. The summed E-state index contributed by atoms with van der Waals surface area (Å²) >= 11 is 13.9. The topological polar surface area (TPSA) is 115 Å². The van der Waals surface area contributed by atoms with Crippen LogP contribution in [0, 0.1) is 18.8 Å². The molecule has 0 saturated heterocycles. The predicted octanol–water partition coefficient (Wildman–Crippen LogP) is 5.34. The molecule has 3 aromatic carbocycles. The van der Waals surface area contributed by atoms with Crippen LogP contribution in [0.3, 0.4) is 0 Å². The fraction of sp³-hybridized carbons (Fsp3) is 0.154. The summed E-state index contributed by atoms with van der Waals surface area (Å²) in [6.07, 6.45) is 0. The Labute approximate surface area is 235 Å². The molecule has 1 aliphatic heterocycles. The van der Waals surface area contributed by atoms with Crippen LogP contribution in [0.2, 0.25) is 10.0 Å². The Morgan fingerprint density at radius 3 is 2.55 bits per heavy atom. The number of halogens is 2. The second kappa shape index (κ2) is 12.0. The molecule has 3 aromatic rings. The minimum atomic E-state index is -4.22. The molecular formula is C26H22Cl2N4O4S2. The van der Waals surface area contributed by atoms with E-state index in [1.54, 1.807) is 32.0 Å². The zero-order valence-corrected chi connectivity index (χ0v) is 23.4. The van der Waals surface area contributed by atoms with Gasteiger partial charge in [0.1, 0.15) is 10.6 Å². The van der Waals surface area contributed by atoms with Gasteiger partial charge in [0.2, 0.25) is 12.8 Å². The molecule has 0 amide bonds. The molecule has 0 aliphatic carbocycles. The van der Waals surface area contributed by atoms with Crippen LogP contribution in [0.25, 0.3) is 0 Å². The van der Waals surface area contributed by atoms with Crippen molar-refractivity contribution in [2.45, 2.75) is 29.4 Å². The van der Waals surface area contributed by atoms with Crippen LogP contribution in [0.4, 0.5) is 0 Å². The molecule has 0 aromatic heterocycles. The molecule has 1 aliphatic rings. The molecule has 0 fully saturated rings. The van der Waals surface area contributed by atoms with Crippen LogP contribution in [0.5, 0.6) is 11.5 Å². The van der Waals surface area contributed by atoms with E-state index in [1.807, 2.05) is 30.3 Å². The van der Waals surface area contributed by atoms with Crippen molar-refractivity contribution in [3.05, 3.63) is 81.3 Å². The van der Waals surface area contributed by atoms with E-state index in [9.17, 15) is 8.42 Å². The highest BCUT2D eigenvalue weighted by molar-refractivity contribution is 7.99. The number of hydrogen-bond donors (Lipinski definition) is 2. The molecule has 1 heterocycles. The number of guanidine groups is 1. The zero-order chi connectivity index (χ0) is 27.3. The lowest BCUT2D eigenvalue weighted by Gasteiger charge is -2.12. The van der Waals surface area contributed by atoms with Gasteiger partial charge in [0.15, 0.2) is 11.5 Å². The van der Waals surface area contributed by atoms with Crippen molar-refractivity contribution in [1.82, 2.24) is 5.43 Å². The number of ether oxygens (including phenoxy) is 2. The summed E-state index contributed by atoms with van der Waals surface area (Å²) in [5, 5.41) is 4.88. The normalized spacial score (nSPS) is 13.2. The van der Waals surface area contributed by atoms with Gasteiger partial charge in [-0.3, -0.25) is 0 Å². The summed E-state index contributed by atoms with van der Waals surface area (Å²) < 4.78 is 40.9. The molecule has 38 heavy (non-hydrogen) atoms. The van der Waals surface area contributed by atoms with Crippen molar-refractivity contribution < 1.29 is 17.9 Å². The third-order valence-corrected chi connectivity index (χ3v) is 8.47. The van der Waals surface area contributed by atoms with E-state index < -0.39 is 16.0 Å². The number of nitrogens with zero attached hydrogens (tertiary/aromatic N) is 2. The van der Waals surface area contributed by atoms with Crippen LogP contribution < -0.4 is 20.6 Å². The highest BCUT2D eigenvalue weighted by atomic mass is 35.5. The van der Waals surface area contributed by atoms with Gasteiger partial charge in [-0.1, -0.05) is 47.3 Å². The maximum absolute atomic E-state index is 13.2.